The molecule has 180 valence electrons. The Bertz CT molecular complexity index is 1190. The highest BCUT2D eigenvalue weighted by Crippen LogP contribution is 2.41. The Labute approximate surface area is 211 Å². The molecule has 0 bridgehead atoms. The van der Waals surface area contributed by atoms with Gasteiger partial charge in [0.15, 0.2) is 0 Å². The molecule has 5 heteroatoms. The number of amides is 2. The van der Waals surface area contributed by atoms with Crippen LogP contribution in [0, 0.1) is 47.0 Å². The smallest absolute Gasteiger partial charge is 0.243 e. The minimum absolute atomic E-state index is 0.148. The Balaban J connectivity index is 2.02. The van der Waals surface area contributed by atoms with Crippen LogP contribution in [-0.2, 0) is 9.59 Å². The topological polar surface area (TPSA) is 40.6 Å². The Morgan fingerprint density at radius 2 is 1.03 bits per heavy atom. The number of hydrogen-bond donors (Lipinski definition) is 0. The molecule has 2 radical (unpaired) electrons. The van der Waals surface area contributed by atoms with Gasteiger partial charge in [-0.25, -0.2) is 0 Å². The van der Waals surface area contributed by atoms with Crippen molar-refractivity contribution in [3.63, 3.8) is 0 Å². The molecular weight excluding hydrogens is 448 g/mol. The van der Waals surface area contributed by atoms with Crippen molar-refractivity contribution in [1.29, 1.82) is 0 Å². The van der Waals surface area contributed by atoms with E-state index >= 15 is 0 Å². The van der Waals surface area contributed by atoms with Crippen molar-refractivity contribution in [3.8, 4) is 0 Å². The monoisotopic (exact) mass is 482 g/mol. The van der Waals surface area contributed by atoms with E-state index < -0.39 is 11.2 Å². The van der Waals surface area contributed by atoms with Crippen molar-refractivity contribution in [3.05, 3.63) is 88.0 Å². The van der Waals surface area contributed by atoms with E-state index in [1.165, 1.54) is 0 Å². The van der Waals surface area contributed by atoms with Crippen LogP contribution >= 0.6 is 0 Å². The van der Waals surface area contributed by atoms with Crippen LogP contribution in [0.25, 0.3) is 0 Å². The number of anilines is 2. The summed E-state index contributed by atoms with van der Waals surface area (Å²) in [5.41, 5.74) is 7.11. The quantitative estimate of drug-likeness (QED) is 0.376. The standard InChI is InChI=1S/C30H34N2O2Si/c1-18-14-20(3)25(21(4)15-18)31-27(33)30(7,8)28(34)32(26-22(5)16-19(2)17-23(26)6)29(31)35-24-12-10-9-11-13-24/h9-17,29H,1-8H3. The number of rotatable bonds is 4. The molecule has 0 aliphatic carbocycles. The third kappa shape index (κ3) is 4.34. The Hall–Kier alpha value is -3.18. The van der Waals surface area contributed by atoms with Gasteiger partial charge in [-0.1, -0.05) is 70.9 Å². The summed E-state index contributed by atoms with van der Waals surface area (Å²) in [6.45, 7) is 15.9. The first kappa shape index (κ1) is 24.9. The third-order valence-corrected chi connectivity index (χ3v) is 8.26. The molecule has 4 rings (SSSR count). The van der Waals surface area contributed by atoms with Gasteiger partial charge in [-0.2, -0.15) is 0 Å². The molecule has 1 heterocycles. The lowest BCUT2D eigenvalue weighted by Crippen LogP contribution is -2.70. The lowest BCUT2D eigenvalue weighted by atomic mass is 9.86. The van der Waals surface area contributed by atoms with Crippen molar-refractivity contribution < 1.29 is 9.59 Å². The molecule has 3 aromatic rings. The van der Waals surface area contributed by atoms with E-state index in [0.717, 1.165) is 49.9 Å². The average Bonchev–Trinajstić information content (AvgIpc) is 2.76. The molecule has 0 unspecified atom stereocenters. The maximum atomic E-state index is 14.1. The molecule has 0 aromatic heterocycles. The van der Waals surface area contributed by atoms with Gasteiger partial charge in [-0.05, 0) is 77.6 Å². The number of carbonyl (C=O) groups is 2. The lowest BCUT2D eigenvalue weighted by Gasteiger charge is -2.50. The molecule has 35 heavy (non-hydrogen) atoms. The maximum absolute atomic E-state index is 14.1. The summed E-state index contributed by atoms with van der Waals surface area (Å²) in [7, 11) is 0.203. The molecule has 0 saturated carbocycles. The first-order chi connectivity index (χ1) is 16.4. The van der Waals surface area contributed by atoms with Crippen LogP contribution in [0.5, 0.6) is 0 Å². The normalized spacial score (nSPS) is 16.2. The molecule has 0 atom stereocenters. The molecule has 0 N–H and O–H groups in total. The Kier molecular flexibility index (Phi) is 6.49. The molecule has 1 aliphatic rings. The summed E-state index contributed by atoms with van der Waals surface area (Å²) < 4.78 is 0. The molecule has 4 nitrogen and oxygen atoms in total. The van der Waals surface area contributed by atoms with Gasteiger partial charge in [0.2, 0.25) is 11.8 Å². The van der Waals surface area contributed by atoms with E-state index in [1.54, 1.807) is 13.8 Å². The summed E-state index contributed by atoms with van der Waals surface area (Å²) in [6.07, 6.45) is 0. The summed E-state index contributed by atoms with van der Waals surface area (Å²) in [5.74, 6) is -0.750. The van der Waals surface area contributed by atoms with Gasteiger partial charge in [-0.3, -0.25) is 19.4 Å². The Morgan fingerprint density at radius 1 is 0.657 bits per heavy atom. The fraction of sp³-hybridized carbons (Fsp3) is 0.333. The van der Waals surface area contributed by atoms with Crippen molar-refractivity contribution in [1.82, 2.24) is 0 Å². The summed E-state index contributed by atoms with van der Waals surface area (Å²) in [6, 6.07) is 18.6. The van der Waals surface area contributed by atoms with Crippen molar-refractivity contribution in [2.45, 2.75) is 61.2 Å². The molecule has 1 aliphatic heterocycles. The second-order valence-corrected chi connectivity index (χ2v) is 11.7. The van der Waals surface area contributed by atoms with Gasteiger partial charge in [0.1, 0.15) is 20.7 Å². The molecule has 1 saturated heterocycles. The summed E-state index contributed by atoms with van der Waals surface area (Å²) >= 11 is 0. The van der Waals surface area contributed by atoms with E-state index in [2.05, 4.69) is 77.9 Å². The SMILES string of the molecule is Cc1cc(C)c(N2C(=O)C(C)(C)C(=O)N(c3c(C)cc(C)cc3C)C2[Si]c2ccccc2)c(C)c1. The maximum Gasteiger partial charge on any atom is 0.243 e. The van der Waals surface area contributed by atoms with E-state index in [9.17, 15) is 9.59 Å². The van der Waals surface area contributed by atoms with Crippen LogP contribution in [0.1, 0.15) is 47.2 Å². The van der Waals surface area contributed by atoms with Gasteiger partial charge in [0.25, 0.3) is 0 Å². The number of carbonyl (C=O) groups excluding carboxylic acids is 2. The zero-order valence-electron chi connectivity index (χ0n) is 22.0. The first-order valence-electron chi connectivity index (χ1n) is 12.1. The van der Waals surface area contributed by atoms with E-state index in [0.29, 0.717) is 0 Å². The highest BCUT2D eigenvalue weighted by molar-refractivity contribution is 6.58. The van der Waals surface area contributed by atoms with E-state index in [-0.39, 0.29) is 21.3 Å². The van der Waals surface area contributed by atoms with Crippen LogP contribution in [0.3, 0.4) is 0 Å². The fourth-order valence-electron chi connectivity index (χ4n) is 5.40. The molecule has 0 spiro atoms. The van der Waals surface area contributed by atoms with Gasteiger partial charge < -0.3 is 0 Å². The zero-order valence-corrected chi connectivity index (χ0v) is 23.0. The second kappa shape index (κ2) is 9.12. The van der Waals surface area contributed by atoms with Crippen molar-refractivity contribution in [2.75, 3.05) is 9.80 Å². The average molecular weight is 483 g/mol. The van der Waals surface area contributed by atoms with Crippen LogP contribution in [0.4, 0.5) is 11.4 Å². The second-order valence-electron chi connectivity index (χ2n) is 10.4. The summed E-state index contributed by atoms with van der Waals surface area (Å²) in [5, 5.41) is 1.11. The minimum Gasteiger partial charge on any atom is -0.293 e. The van der Waals surface area contributed by atoms with E-state index in [4.69, 9.17) is 0 Å². The van der Waals surface area contributed by atoms with Gasteiger partial charge in [-0.15, -0.1) is 0 Å². The number of aryl methyl sites for hydroxylation is 6. The minimum atomic E-state index is -1.19. The molecule has 2 amide bonds. The van der Waals surface area contributed by atoms with Crippen LogP contribution in [0.15, 0.2) is 54.6 Å². The van der Waals surface area contributed by atoms with Gasteiger partial charge in [0, 0.05) is 0 Å². The first-order valence-corrected chi connectivity index (χ1v) is 13.2. The lowest BCUT2D eigenvalue weighted by molar-refractivity contribution is -0.140. The predicted molar refractivity (Wildman–Crippen MR) is 146 cm³/mol. The van der Waals surface area contributed by atoms with Crippen molar-refractivity contribution >= 4 is 37.9 Å². The van der Waals surface area contributed by atoms with Crippen LogP contribution in [0.2, 0.25) is 0 Å². The fourth-order valence-corrected chi connectivity index (χ4v) is 6.83. The number of hydrogen-bond acceptors (Lipinski definition) is 2. The molecule has 1 fully saturated rings. The number of nitrogens with zero attached hydrogens (tertiary/aromatic N) is 2. The largest absolute Gasteiger partial charge is 0.293 e. The molecule has 3 aromatic carbocycles. The Morgan fingerprint density at radius 3 is 1.40 bits per heavy atom. The van der Waals surface area contributed by atoms with Gasteiger partial charge in [0.05, 0.1) is 11.4 Å². The highest BCUT2D eigenvalue weighted by atomic mass is 28.2. The van der Waals surface area contributed by atoms with Crippen LogP contribution in [-0.4, -0.2) is 27.1 Å². The van der Waals surface area contributed by atoms with Crippen molar-refractivity contribution in [2.24, 2.45) is 5.41 Å². The number of benzene rings is 3. The van der Waals surface area contributed by atoms with Gasteiger partial charge >= 0.3 is 0 Å². The predicted octanol–water partition coefficient (Wildman–Crippen LogP) is 5.26. The third-order valence-electron chi connectivity index (χ3n) is 6.82. The molecular formula is C30H34N2O2Si. The van der Waals surface area contributed by atoms with E-state index in [1.807, 2.05) is 28.0 Å². The summed E-state index contributed by atoms with van der Waals surface area (Å²) in [4.78, 5) is 32.1. The zero-order chi connectivity index (χ0) is 25.7. The van der Waals surface area contributed by atoms with Crippen LogP contribution < -0.4 is 15.0 Å². The highest BCUT2D eigenvalue weighted by Gasteiger charge is 2.53.